The van der Waals surface area contributed by atoms with Crippen LogP contribution >= 0.6 is 11.8 Å². The van der Waals surface area contributed by atoms with Crippen LogP contribution in [0.3, 0.4) is 0 Å². The third kappa shape index (κ3) is 2.36. The lowest BCUT2D eigenvalue weighted by Gasteiger charge is -2.06. The van der Waals surface area contributed by atoms with Gasteiger partial charge in [0, 0.05) is 6.20 Å². The van der Waals surface area contributed by atoms with Gasteiger partial charge in [-0.1, -0.05) is 5.16 Å². The first-order valence-corrected chi connectivity index (χ1v) is 6.50. The lowest BCUT2D eigenvalue weighted by Crippen LogP contribution is -2.15. The van der Waals surface area contributed by atoms with E-state index in [2.05, 4.69) is 25.7 Å². The molecule has 98 valence electrons. The van der Waals surface area contributed by atoms with Crippen molar-refractivity contribution >= 4 is 17.6 Å². The van der Waals surface area contributed by atoms with Crippen LogP contribution in [0.2, 0.25) is 0 Å². The smallest absolute Gasteiger partial charge is 0.215 e. The minimum absolute atomic E-state index is 0.0149. The van der Waals surface area contributed by atoms with E-state index >= 15 is 0 Å². The molecule has 8 nitrogen and oxygen atoms in total. The van der Waals surface area contributed by atoms with Gasteiger partial charge < -0.3 is 10.9 Å². The lowest BCUT2D eigenvalue weighted by molar-refractivity contribution is 0.318. The molecule has 0 radical (unpaired) electrons. The molecule has 3 N–H and O–H groups in total. The number of hydrogen-bond acceptors (Lipinski definition) is 7. The minimum atomic E-state index is 0.0149. The van der Waals surface area contributed by atoms with Crippen LogP contribution in [0.25, 0.3) is 0 Å². The van der Waals surface area contributed by atoms with Crippen LogP contribution in [0, 0.1) is 0 Å². The van der Waals surface area contributed by atoms with Crippen molar-refractivity contribution in [1.82, 2.24) is 25.2 Å². The Labute approximate surface area is 112 Å². The molecule has 19 heavy (non-hydrogen) atoms. The topological polar surface area (TPSA) is 115 Å². The third-order valence-corrected chi connectivity index (χ3v) is 3.67. The van der Waals surface area contributed by atoms with E-state index in [9.17, 15) is 0 Å². The number of oxime groups is 1. The van der Waals surface area contributed by atoms with Gasteiger partial charge in [-0.15, -0.1) is 5.10 Å². The number of rotatable bonds is 4. The Balaban J connectivity index is 1.92. The average molecular weight is 277 g/mol. The fourth-order valence-corrected chi connectivity index (χ4v) is 2.53. The first-order valence-electron chi connectivity index (χ1n) is 5.68. The molecule has 0 unspecified atom stereocenters. The molecule has 0 bridgehead atoms. The molecular formula is C10H11N7OS. The normalized spacial score (nSPS) is 15.7. The highest BCUT2D eigenvalue weighted by Gasteiger charge is 2.28. The summed E-state index contributed by atoms with van der Waals surface area (Å²) in [5, 5.41) is 24.7. The van der Waals surface area contributed by atoms with Crippen molar-refractivity contribution in [3.05, 3.63) is 23.9 Å². The van der Waals surface area contributed by atoms with Crippen LogP contribution in [0.4, 0.5) is 0 Å². The van der Waals surface area contributed by atoms with Crippen molar-refractivity contribution < 1.29 is 5.21 Å². The zero-order chi connectivity index (χ0) is 13.2. The molecule has 0 saturated heterocycles. The average Bonchev–Trinajstić information content (AvgIpc) is 3.19. The van der Waals surface area contributed by atoms with Crippen LogP contribution in [0.5, 0.6) is 0 Å². The second-order valence-electron chi connectivity index (χ2n) is 4.08. The van der Waals surface area contributed by atoms with Crippen molar-refractivity contribution in [3.8, 4) is 0 Å². The number of nitrogens with zero attached hydrogens (tertiary/aromatic N) is 6. The van der Waals surface area contributed by atoms with E-state index in [1.165, 1.54) is 11.8 Å². The molecule has 0 amide bonds. The maximum absolute atomic E-state index is 8.77. The van der Waals surface area contributed by atoms with Crippen molar-refractivity contribution in [2.24, 2.45) is 10.9 Å². The fraction of sp³-hybridized carbons (Fsp3) is 0.300. The first kappa shape index (κ1) is 11.9. The quantitative estimate of drug-likeness (QED) is 0.365. The summed E-state index contributed by atoms with van der Waals surface area (Å²) in [6.07, 6.45) is 3.82. The van der Waals surface area contributed by atoms with E-state index in [4.69, 9.17) is 10.9 Å². The van der Waals surface area contributed by atoms with Crippen LogP contribution in [-0.2, 0) is 0 Å². The summed E-state index contributed by atoms with van der Waals surface area (Å²) >= 11 is 1.30. The number of aromatic nitrogens is 5. The summed E-state index contributed by atoms with van der Waals surface area (Å²) in [4.78, 5) is 4.23. The fourth-order valence-electron chi connectivity index (χ4n) is 1.61. The highest BCUT2D eigenvalue weighted by Crippen LogP contribution is 2.38. The maximum Gasteiger partial charge on any atom is 0.215 e. The SMILES string of the molecule is N/C(=N\O)c1cccnc1Sc1nnnn1C1CC1. The Kier molecular flexibility index (Phi) is 3.03. The van der Waals surface area contributed by atoms with Gasteiger partial charge in [-0.2, -0.15) is 0 Å². The largest absolute Gasteiger partial charge is 0.409 e. The Morgan fingerprint density at radius 1 is 1.53 bits per heavy atom. The number of nitrogens with two attached hydrogens (primary N) is 1. The highest BCUT2D eigenvalue weighted by atomic mass is 32.2. The van der Waals surface area contributed by atoms with Crippen LogP contribution < -0.4 is 5.73 Å². The lowest BCUT2D eigenvalue weighted by atomic mass is 10.3. The second kappa shape index (κ2) is 4.84. The van der Waals surface area contributed by atoms with Gasteiger partial charge in [0.1, 0.15) is 5.03 Å². The molecule has 1 aliphatic rings. The monoisotopic (exact) mass is 277 g/mol. The molecule has 2 heterocycles. The molecule has 2 aromatic rings. The Bertz CT molecular complexity index is 622. The third-order valence-electron chi connectivity index (χ3n) is 2.70. The zero-order valence-corrected chi connectivity index (χ0v) is 10.7. The molecule has 1 saturated carbocycles. The summed E-state index contributed by atoms with van der Waals surface area (Å²) in [6.45, 7) is 0. The van der Waals surface area contributed by atoms with Gasteiger partial charge in [0.2, 0.25) is 5.16 Å². The van der Waals surface area contributed by atoms with Crippen molar-refractivity contribution in [2.45, 2.75) is 29.1 Å². The molecule has 0 aliphatic heterocycles. The van der Waals surface area contributed by atoms with E-state index < -0.39 is 0 Å². The zero-order valence-electron chi connectivity index (χ0n) is 9.84. The first-order chi connectivity index (χ1) is 9.29. The van der Waals surface area contributed by atoms with Crippen LogP contribution in [-0.4, -0.2) is 36.2 Å². The van der Waals surface area contributed by atoms with E-state index in [1.54, 1.807) is 23.0 Å². The van der Waals surface area contributed by atoms with Gasteiger partial charge in [-0.3, -0.25) is 0 Å². The molecule has 0 aromatic carbocycles. The molecule has 1 fully saturated rings. The summed E-state index contributed by atoms with van der Waals surface area (Å²) in [6, 6.07) is 3.84. The van der Waals surface area contributed by atoms with Crippen molar-refractivity contribution in [1.29, 1.82) is 0 Å². The summed E-state index contributed by atoms with van der Waals surface area (Å²) in [5.74, 6) is 0.0149. The summed E-state index contributed by atoms with van der Waals surface area (Å²) < 4.78 is 1.79. The Morgan fingerprint density at radius 2 is 2.37 bits per heavy atom. The number of hydrogen-bond donors (Lipinski definition) is 2. The Morgan fingerprint density at radius 3 is 3.11 bits per heavy atom. The minimum Gasteiger partial charge on any atom is -0.409 e. The standard InChI is InChI=1S/C10H11N7OS/c11-8(14-18)7-2-1-5-12-9(7)19-10-13-15-16-17(10)6-3-4-6/h1-2,5-6,18H,3-4H2,(H2,11,14). The van der Waals surface area contributed by atoms with Gasteiger partial charge >= 0.3 is 0 Å². The number of tetrazole rings is 1. The van der Waals surface area contributed by atoms with Crippen molar-refractivity contribution in [3.63, 3.8) is 0 Å². The molecule has 3 rings (SSSR count). The molecule has 0 atom stereocenters. The number of amidine groups is 1. The predicted octanol–water partition coefficient (Wildman–Crippen LogP) is 0.649. The van der Waals surface area contributed by atoms with Gasteiger partial charge in [0.05, 0.1) is 11.6 Å². The summed E-state index contributed by atoms with van der Waals surface area (Å²) in [7, 11) is 0. The van der Waals surface area contributed by atoms with Crippen LogP contribution in [0.15, 0.2) is 33.7 Å². The second-order valence-corrected chi connectivity index (χ2v) is 5.04. The van der Waals surface area contributed by atoms with Gasteiger partial charge in [0.15, 0.2) is 5.84 Å². The molecule has 2 aromatic heterocycles. The van der Waals surface area contributed by atoms with Gasteiger partial charge in [0.25, 0.3) is 0 Å². The van der Waals surface area contributed by atoms with Crippen LogP contribution in [0.1, 0.15) is 24.4 Å². The van der Waals surface area contributed by atoms with E-state index in [0.29, 0.717) is 21.8 Å². The molecule has 9 heteroatoms. The molecular weight excluding hydrogens is 266 g/mol. The molecule has 1 aliphatic carbocycles. The molecule has 0 spiro atoms. The maximum atomic E-state index is 8.77. The van der Waals surface area contributed by atoms with Gasteiger partial charge in [-0.25, -0.2) is 9.67 Å². The van der Waals surface area contributed by atoms with Crippen molar-refractivity contribution in [2.75, 3.05) is 0 Å². The van der Waals surface area contributed by atoms with E-state index in [0.717, 1.165) is 12.8 Å². The highest BCUT2D eigenvalue weighted by molar-refractivity contribution is 7.99. The Hall–Kier alpha value is -2.16. The van der Waals surface area contributed by atoms with E-state index in [-0.39, 0.29) is 5.84 Å². The number of pyridine rings is 1. The van der Waals surface area contributed by atoms with E-state index in [1.807, 2.05) is 0 Å². The summed E-state index contributed by atoms with van der Waals surface area (Å²) in [5.41, 5.74) is 6.18. The van der Waals surface area contributed by atoms with Gasteiger partial charge in [-0.05, 0) is 47.2 Å². The predicted molar refractivity (Wildman–Crippen MR) is 67.0 cm³/mol.